The molecule has 1 unspecified atom stereocenters. The van der Waals surface area contributed by atoms with Crippen molar-refractivity contribution in [1.29, 1.82) is 0 Å². The lowest BCUT2D eigenvalue weighted by molar-refractivity contribution is -0.122. The summed E-state index contributed by atoms with van der Waals surface area (Å²) >= 11 is 0. The molecule has 18 heavy (non-hydrogen) atoms. The molecular weight excluding hydrogens is 226 g/mol. The molecule has 1 aliphatic rings. The van der Waals surface area contributed by atoms with E-state index in [4.69, 9.17) is 0 Å². The second kappa shape index (κ2) is 8.48. The molecule has 0 spiro atoms. The van der Waals surface area contributed by atoms with Crippen molar-refractivity contribution in [3.05, 3.63) is 0 Å². The van der Waals surface area contributed by atoms with Crippen LogP contribution in [0.4, 0.5) is 0 Å². The fraction of sp³-hybridized carbons (Fsp3) is 0.929. The standard InChI is InChI=1S/C14H29N3O/c1-12(2)7-9-16-14(18)11-17(3)10-13-6-4-5-8-15-13/h12-13,15H,4-11H2,1-3H3,(H,16,18). The van der Waals surface area contributed by atoms with Gasteiger partial charge in [0, 0.05) is 19.1 Å². The van der Waals surface area contributed by atoms with Crippen molar-refractivity contribution in [1.82, 2.24) is 15.5 Å². The summed E-state index contributed by atoms with van der Waals surface area (Å²) in [6.07, 6.45) is 4.89. The van der Waals surface area contributed by atoms with Gasteiger partial charge in [-0.2, -0.15) is 0 Å². The van der Waals surface area contributed by atoms with E-state index in [1.54, 1.807) is 0 Å². The lowest BCUT2D eigenvalue weighted by Gasteiger charge is -2.27. The van der Waals surface area contributed by atoms with E-state index in [0.29, 0.717) is 18.5 Å². The largest absolute Gasteiger partial charge is 0.355 e. The zero-order valence-electron chi connectivity index (χ0n) is 12.2. The zero-order chi connectivity index (χ0) is 13.4. The predicted octanol–water partition coefficient (Wildman–Crippen LogP) is 1.22. The van der Waals surface area contributed by atoms with Gasteiger partial charge < -0.3 is 10.6 Å². The van der Waals surface area contributed by atoms with Crippen molar-refractivity contribution >= 4 is 5.91 Å². The number of nitrogens with zero attached hydrogens (tertiary/aromatic N) is 1. The summed E-state index contributed by atoms with van der Waals surface area (Å²) in [6, 6.07) is 0.562. The van der Waals surface area contributed by atoms with Gasteiger partial charge >= 0.3 is 0 Å². The zero-order valence-corrected chi connectivity index (χ0v) is 12.2. The highest BCUT2D eigenvalue weighted by Crippen LogP contribution is 2.07. The summed E-state index contributed by atoms with van der Waals surface area (Å²) in [4.78, 5) is 13.8. The monoisotopic (exact) mass is 255 g/mol. The Bertz CT molecular complexity index is 237. The fourth-order valence-corrected chi connectivity index (χ4v) is 2.32. The summed E-state index contributed by atoms with van der Waals surface area (Å²) in [5.74, 6) is 0.795. The van der Waals surface area contributed by atoms with Crippen molar-refractivity contribution in [3.8, 4) is 0 Å². The van der Waals surface area contributed by atoms with Gasteiger partial charge in [0.15, 0.2) is 0 Å². The first kappa shape index (κ1) is 15.4. The number of nitrogens with one attached hydrogen (secondary N) is 2. The molecule has 0 aromatic heterocycles. The van der Waals surface area contributed by atoms with Gasteiger partial charge in [0.1, 0.15) is 0 Å². The topological polar surface area (TPSA) is 44.4 Å². The minimum Gasteiger partial charge on any atom is -0.355 e. The van der Waals surface area contributed by atoms with Crippen molar-refractivity contribution in [2.24, 2.45) is 5.92 Å². The van der Waals surface area contributed by atoms with E-state index >= 15 is 0 Å². The highest BCUT2D eigenvalue weighted by atomic mass is 16.2. The average Bonchev–Trinajstić information content (AvgIpc) is 2.29. The molecule has 1 aliphatic heterocycles. The molecular formula is C14H29N3O. The summed E-state index contributed by atoms with van der Waals surface area (Å²) < 4.78 is 0. The summed E-state index contributed by atoms with van der Waals surface area (Å²) in [5, 5.41) is 6.49. The average molecular weight is 255 g/mol. The van der Waals surface area contributed by atoms with Crippen molar-refractivity contribution in [2.75, 3.05) is 33.2 Å². The van der Waals surface area contributed by atoms with Gasteiger partial charge in [-0.3, -0.25) is 9.69 Å². The van der Waals surface area contributed by atoms with Gasteiger partial charge in [-0.05, 0) is 38.8 Å². The summed E-state index contributed by atoms with van der Waals surface area (Å²) in [6.45, 7) is 7.75. The molecule has 1 fully saturated rings. The molecule has 4 heteroatoms. The third-order valence-electron chi connectivity index (χ3n) is 3.40. The molecule has 1 rings (SSSR count). The van der Waals surface area contributed by atoms with Crippen LogP contribution in [0.3, 0.4) is 0 Å². The Labute approximate surface area is 111 Å². The molecule has 0 radical (unpaired) electrons. The maximum absolute atomic E-state index is 11.7. The minimum atomic E-state index is 0.147. The van der Waals surface area contributed by atoms with Crippen LogP contribution in [0.25, 0.3) is 0 Å². The van der Waals surface area contributed by atoms with Crippen LogP contribution in [-0.2, 0) is 4.79 Å². The molecule has 4 nitrogen and oxygen atoms in total. The Kier molecular flexibility index (Phi) is 7.28. The summed E-state index contributed by atoms with van der Waals surface area (Å²) in [5.41, 5.74) is 0. The van der Waals surface area contributed by atoms with Gasteiger partial charge in [-0.1, -0.05) is 20.3 Å². The van der Waals surface area contributed by atoms with Gasteiger partial charge in [0.2, 0.25) is 5.91 Å². The van der Waals surface area contributed by atoms with E-state index in [2.05, 4.69) is 29.4 Å². The molecule has 1 amide bonds. The van der Waals surface area contributed by atoms with Crippen LogP contribution in [0.15, 0.2) is 0 Å². The van der Waals surface area contributed by atoms with Crippen LogP contribution in [0.2, 0.25) is 0 Å². The number of piperidine rings is 1. The first-order valence-corrected chi connectivity index (χ1v) is 7.26. The van der Waals surface area contributed by atoms with Crippen LogP contribution in [0.1, 0.15) is 39.5 Å². The Morgan fingerprint density at radius 3 is 2.83 bits per heavy atom. The first-order chi connectivity index (χ1) is 8.58. The highest BCUT2D eigenvalue weighted by molar-refractivity contribution is 5.77. The second-order valence-corrected chi connectivity index (χ2v) is 5.88. The Morgan fingerprint density at radius 1 is 1.44 bits per heavy atom. The molecule has 1 saturated heterocycles. The number of likely N-dealkylation sites (N-methyl/N-ethyl adjacent to an activating group) is 1. The number of amides is 1. The Hall–Kier alpha value is -0.610. The third kappa shape index (κ3) is 6.97. The van der Waals surface area contributed by atoms with Crippen molar-refractivity contribution in [3.63, 3.8) is 0 Å². The first-order valence-electron chi connectivity index (χ1n) is 7.26. The van der Waals surface area contributed by atoms with E-state index in [1.807, 2.05) is 7.05 Å². The number of carbonyl (C=O) groups excluding carboxylic acids is 1. The third-order valence-corrected chi connectivity index (χ3v) is 3.40. The predicted molar refractivity (Wildman–Crippen MR) is 75.6 cm³/mol. The maximum Gasteiger partial charge on any atom is 0.234 e. The van der Waals surface area contributed by atoms with E-state index in [1.165, 1.54) is 19.3 Å². The van der Waals surface area contributed by atoms with Crippen molar-refractivity contribution in [2.45, 2.75) is 45.6 Å². The van der Waals surface area contributed by atoms with Crippen molar-refractivity contribution < 1.29 is 4.79 Å². The molecule has 106 valence electrons. The number of rotatable bonds is 7. The molecule has 2 N–H and O–H groups in total. The van der Waals surface area contributed by atoms with E-state index < -0.39 is 0 Å². The lowest BCUT2D eigenvalue weighted by Crippen LogP contribution is -2.45. The van der Waals surface area contributed by atoms with E-state index in [-0.39, 0.29) is 5.91 Å². The maximum atomic E-state index is 11.7. The van der Waals surface area contributed by atoms with Crippen LogP contribution in [0.5, 0.6) is 0 Å². The van der Waals surface area contributed by atoms with Gasteiger partial charge in [0.05, 0.1) is 6.54 Å². The fourth-order valence-electron chi connectivity index (χ4n) is 2.32. The highest BCUT2D eigenvalue weighted by Gasteiger charge is 2.15. The molecule has 1 atom stereocenters. The SMILES string of the molecule is CC(C)CCNC(=O)CN(C)CC1CCCCN1. The van der Waals surface area contributed by atoms with Crippen LogP contribution in [-0.4, -0.2) is 50.1 Å². The normalized spacial score (nSPS) is 20.4. The molecule has 0 saturated carbocycles. The number of carbonyl (C=O) groups is 1. The van der Waals surface area contributed by atoms with Crippen LogP contribution in [0, 0.1) is 5.92 Å². The van der Waals surface area contributed by atoms with Gasteiger partial charge in [-0.25, -0.2) is 0 Å². The number of hydrogen-bond acceptors (Lipinski definition) is 3. The second-order valence-electron chi connectivity index (χ2n) is 5.88. The van der Waals surface area contributed by atoms with Crippen LogP contribution >= 0.6 is 0 Å². The van der Waals surface area contributed by atoms with Gasteiger partial charge in [0.25, 0.3) is 0 Å². The quantitative estimate of drug-likeness (QED) is 0.719. The number of hydrogen-bond donors (Lipinski definition) is 2. The minimum absolute atomic E-state index is 0.147. The molecule has 0 aromatic carbocycles. The Morgan fingerprint density at radius 2 is 2.22 bits per heavy atom. The van der Waals surface area contributed by atoms with Gasteiger partial charge in [-0.15, -0.1) is 0 Å². The van der Waals surface area contributed by atoms with Crippen LogP contribution < -0.4 is 10.6 Å². The Balaban J connectivity index is 2.10. The lowest BCUT2D eigenvalue weighted by atomic mass is 10.0. The molecule has 1 heterocycles. The molecule has 0 bridgehead atoms. The molecule has 0 aliphatic carbocycles. The van der Waals surface area contributed by atoms with E-state index in [0.717, 1.165) is 26.1 Å². The molecule has 0 aromatic rings. The smallest absolute Gasteiger partial charge is 0.234 e. The summed E-state index contributed by atoms with van der Waals surface area (Å²) in [7, 11) is 2.03. The van der Waals surface area contributed by atoms with E-state index in [9.17, 15) is 4.79 Å².